The molecule has 23 heavy (non-hydrogen) atoms. The summed E-state index contributed by atoms with van der Waals surface area (Å²) in [7, 11) is 0. The lowest BCUT2D eigenvalue weighted by atomic mass is 10.1. The number of rotatable bonds is 8. The van der Waals surface area contributed by atoms with Crippen molar-refractivity contribution in [3.8, 4) is 11.3 Å². The van der Waals surface area contributed by atoms with Crippen LogP contribution in [0.2, 0.25) is 0 Å². The Morgan fingerprint density at radius 1 is 1.04 bits per heavy atom. The summed E-state index contributed by atoms with van der Waals surface area (Å²) in [6.45, 7) is 3.68. The molecule has 2 rings (SSSR count). The van der Waals surface area contributed by atoms with Gasteiger partial charge in [-0.3, -0.25) is 0 Å². The summed E-state index contributed by atoms with van der Waals surface area (Å²) in [5.41, 5.74) is -0.226. The van der Waals surface area contributed by atoms with Crippen molar-refractivity contribution in [3.63, 3.8) is 0 Å². The molecule has 0 atom stereocenters. The predicted molar refractivity (Wildman–Crippen MR) is 85.0 cm³/mol. The molecule has 126 valence electrons. The van der Waals surface area contributed by atoms with Crippen molar-refractivity contribution >= 4 is 0 Å². The molecule has 1 heterocycles. The van der Waals surface area contributed by atoms with Gasteiger partial charge in [0, 0.05) is 5.56 Å². The van der Waals surface area contributed by atoms with Gasteiger partial charge in [-0.25, -0.2) is 0 Å². The second-order valence-electron chi connectivity index (χ2n) is 5.58. The minimum absolute atomic E-state index is 0.439. The van der Waals surface area contributed by atoms with Crippen LogP contribution in [0, 0.1) is 0 Å². The number of nitrogens with one attached hydrogen (secondary N) is 1. The van der Waals surface area contributed by atoms with Crippen LogP contribution in [0.3, 0.4) is 0 Å². The van der Waals surface area contributed by atoms with E-state index in [2.05, 4.69) is 12.2 Å². The third kappa shape index (κ3) is 5.43. The summed E-state index contributed by atoms with van der Waals surface area (Å²) >= 11 is 0. The Morgan fingerprint density at radius 3 is 2.61 bits per heavy atom. The van der Waals surface area contributed by atoms with Crippen LogP contribution in [0.5, 0.6) is 0 Å². The van der Waals surface area contributed by atoms with Gasteiger partial charge in [0.15, 0.2) is 0 Å². The minimum Gasteiger partial charge on any atom is -0.460 e. The van der Waals surface area contributed by atoms with E-state index < -0.39 is 11.7 Å². The molecule has 1 N–H and O–H groups in total. The number of benzene rings is 1. The number of unbranched alkanes of at least 4 members (excludes halogenated alkanes) is 3. The van der Waals surface area contributed by atoms with Crippen LogP contribution in [0.4, 0.5) is 13.2 Å². The molecule has 1 aromatic carbocycles. The lowest BCUT2D eigenvalue weighted by molar-refractivity contribution is -0.137. The zero-order chi connectivity index (χ0) is 16.7. The zero-order valence-electron chi connectivity index (χ0n) is 13.2. The highest BCUT2D eigenvalue weighted by molar-refractivity contribution is 5.58. The molecule has 5 heteroatoms. The first kappa shape index (κ1) is 17.6. The molecule has 0 aliphatic carbocycles. The summed E-state index contributed by atoms with van der Waals surface area (Å²) in [6.07, 6.45) is 0.429. The highest BCUT2D eigenvalue weighted by Gasteiger charge is 2.30. The van der Waals surface area contributed by atoms with E-state index >= 15 is 0 Å². The van der Waals surface area contributed by atoms with E-state index in [1.165, 1.54) is 25.3 Å². The Balaban J connectivity index is 1.92. The number of halogens is 3. The van der Waals surface area contributed by atoms with Crippen LogP contribution in [0.15, 0.2) is 40.8 Å². The maximum absolute atomic E-state index is 12.7. The van der Waals surface area contributed by atoms with Crippen LogP contribution in [0.1, 0.15) is 43.9 Å². The molecule has 0 saturated heterocycles. The average Bonchev–Trinajstić information content (AvgIpc) is 2.99. The largest absolute Gasteiger partial charge is 0.460 e. The van der Waals surface area contributed by atoms with E-state index in [1.54, 1.807) is 18.2 Å². The Kier molecular flexibility index (Phi) is 6.28. The van der Waals surface area contributed by atoms with E-state index in [1.807, 2.05) is 0 Å². The van der Waals surface area contributed by atoms with Gasteiger partial charge in [-0.2, -0.15) is 13.2 Å². The van der Waals surface area contributed by atoms with Crippen molar-refractivity contribution in [3.05, 3.63) is 47.7 Å². The maximum atomic E-state index is 12.7. The molecule has 0 radical (unpaired) electrons. The molecule has 0 unspecified atom stereocenters. The smallest absolute Gasteiger partial charge is 0.416 e. The van der Waals surface area contributed by atoms with Crippen LogP contribution in [-0.4, -0.2) is 6.54 Å². The second kappa shape index (κ2) is 8.20. The number of hydrogen-bond donors (Lipinski definition) is 1. The summed E-state index contributed by atoms with van der Waals surface area (Å²) in [5.74, 6) is 1.19. The lowest BCUT2D eigenvalue weighted by Gasteiger charge is -2.07. The van der Waals surface area contributed by atoms with Gasteiger partial charge >= 0.3 is 6.18 Å². The van der Waals surface area contributed by atoms with E-state index in [9.17, 15) is 13.2 Å². The fourth-order valence-corrected chi connectivity index (χ4v) is 2.37. The summed E-state index contributed by atoms with van der Waals surface area (Å²) in [4.78, 5) is 0. The van der Waals surface area contributed by atoms with Gasteiger partial charge < -0.3 is 9.73 Å². The molecule has 1 aromatic heterocycles. The van der Waals surface area contributed by atoms with Gasteiger partial charge in [0.05, 0.1) is 12.1 Å². The molecule has 0 bridgehead atoms. The third-order valence-corrected chi connectivity index (χ3v) is 3.64. The van der Waals surface area contributed by atoms with Crippen molar-refractivity contribution in [1.82, 2.24) is 5.32 Å². The number of hydrogen-bond acceptors (Lipinski definition) is 2. The first-order valence-corrected chi connectivity index (χ1v) is 7.98. The highest BCUT2D eigenvalue weighted by Crippen LogP contribution is 2.32. The van der Waals surface area contributed by atoms with Gasteiger partial charge in [0.1, 0.15) is 11.5 Å². The average molecular weight is 325 g/mol. The summed E-state index contributed by atoms with van der Waals surface area (Å²) < 4.78 is 43.9. The molecule has 0 aliphatic heterocycles. The Hall–Kier alpha value is -1.75. The number of furan rings is 1. The van der Waals surface area contributed by atoms with Crippen molar-refractivity contribution in [2.24, 2.45) is 0 Å². The van der Waals surface area contributed by atoms with Crippen LogP contribution < -0.4 is 5.32 Å². The molecule has 0 saturated carbocycles. The monoisotopic (exact) mass is 325 g/mol. The minimum atomic E-state index is -4.34. The Morgan fingerprint density at radius 2 is 1.87 bits per heavy atom. The normalized spacial score (nSPS) is 11.8. The molecule has 2 aromatic rings. The molecular weight excluding hydrogens is 303 g/mol. The maximum Gasteiger partial charge on any atom is 0.416 e. The standard InChI is InChI=1S/C18H22F3NO/c1-2-3-4-5-11-22-13-16-9-10-17(23-16)14-7-6-8-15(12-14)18(19,20)21/h6-10,12,22H,2-5,11,13H2,1H3. The fraction of sp³-hybridized carbons (Fsp3) is 0.444. The molecule has 0 amide bonds. The number of alkyl halides is 3. The lowest BCUT2D eigenvalue weighted by Crippen LogP contribution is -2.14. The molecule has 0 fully saturated rings. The predicted octanol–water partition coefficient (Wildman–Crippen LogP) is 5.64. The third-order valence-electron chi connectivity index (χ3n) is 3.64. The van der Waals surface area contributed by atoms with Gasteiger partial charge in [-0.1, -0.05) is 38.3 Å². The van der Waals surface area contributed by atoms with Crippen molar-refractivity contribution in [1.29, 1.82) is 0 Å². The Bertz CT molecular complexity index is 604. The first-order chi connectivity index (χ1) is 11.0. The quantitative estimate of drug-likeness (QED) is 0.636. The van der Waals surface area contributed by atoms with Crippen LogP contribution in [-0.2, 0) is 12.7 Å². The summed E-state index contributed by atoms with van der Waals surface area (Å²) in [6, 6.07) is 8.70. The molecule has 2 nitrogen and oxygen atoms in total. The SMILES string of the molecule is CCCCCCNCc1ccc(-c2cccc(C(F)(F)F)c2)o1. The first-order valence-electron chi connectivity index (χ1n) is 7.98. The van der Waals surface area contributed by atoms with E-state index in [0.717, 1.165) is 30.9 Å². The molecule has 0 aliphatic rings. The van der Waals surface area contributed by atoms with Gasteiger partial charge in [0.25, 0.3) is 0 Å². The van der Waals surface area contributed by atoms with E-state index in [0.29, 0.717) is 17.9 Å². The van der Waals surface area contributed by atoms with Crippen LogP contribution in [0.25, 0.3) is 11.3 Å². The van der Waals surface area contributed by atoms with E-state index in [4.69, 9.17) is 4.42 Å². The highest BCUT2D eigenvalue weighted by atomic mass is 19.4. The van der Waals surface area contributed by atoms with Gasteiger partial charge in [-0.05, 0) is 37.2 Å². The fourth-order valence-electron chi connectivity index (χ4n) is 2.37. The molecule has 0 spiro atoms. The molecular formula is C18H22F3NO. The van der Waals surface area contributed by atoms with E-state index in [-0.39, 0.29) is 0 Å². The van der Waals surface area contributed by atoms with Crippen molar-refractivity contribution in [2.75, 3.05) is 6.54 Å². The zero-order valence-corrected chi connectivity index (χ0v) is 13.2. The summed E-state index contributed by atoms with van der Waals surface area (Å²) in [5, 5.41) is 3.29. The van der Waals surface area contributed by atoms with Crippen LogP contribution >= 0.6 is 0 Å². The van der Waals surface area contributed by atoms with Crippen molar-refractivity contribution in [2.45, 2.75) is 45.3 Å². The second-order valence-corrected chi connectivity index (χ2v) is 5.58. The topological polar surface area (TPSA) is 25.2 Å². The van der Waals surface area contributed by atoms with Gasteiger partial charge in [0.2, 0.25) is 0 Å². The van der Waals surface area contributed by atoms with Gasteiger partial charge in [-0.15, -0.1) is 0 Å². The Labute approximate surface area is 134 Å². The van der Waals surface area contributed by atoms with Crippen molar-refractivity contribution < 1.29 is 17.6 Å².